The van der Waals surface area contributed by atoms with E-state index >= 15 is 0 Å². The fraction of sp³-hybridized carbons (Fsp3) is 0.875. The van der Waals surface area contributed by atoms with Gasteiger partial charge in [-0.1, -0.05) is 0 Å². The summed E-state index contributed by atoms with van der Waals surface area (Å²) in [4.78, 5) is 13.4. The summed E-state index contributed by atoms with van der Waals surface area (Å²) in [5.41, 5.74) is 0. The Hall–Kier alpha value is -0.220. The molecule has 0 saturated carbocycles. The minimum atomic E-state index is 0.0439. The average Bonchev–Trinajstić information content (AvgIpc) is 2.53. The highest BCUT2D eigenvalue weighted by Crippen LogP contribution is 2.12. The van der Waals surface area contributed by atoms with Crippen LogP contribution in [-0.2, 0) is 4.79 Å². The van der Waals surface area contributed by atoms with Crippen molar-refractivity contribution in [2.24, 2.45) is 0 Å². The summed E-state index contributed by atoms with van der Waals surface area (Å²) < 4.78 is 0. The Morgan fingerprint density at radius 1 is 1.67 bits per heavy atom. The van der Waals surface area contributed by atoms with E-state index in [1.54, 1.807) is 16.7 Å². The number of amides is 1. The fourth-order valence-electron chi connectivity index (χ4n) is 1.05. The highest BCUT2D eigenvalue weighted by Gasteiger charge is 2.26. The van der Waals surface area contributed by atoms with Crippen molar-refractivity contribution in [3.05, 3.63) is 0 Å². The molecule has 0 unspecified atom stereocenters. The Balaban J connectivity index is 2.45. The van der Waals surface area contributed by atoms with Crippen molar-refractivity contribution in [1.82, 2.24) is 10.2 Å². The number of hydrogen-bond donors (Lipinski definition) is 1. The first-order valence-electron chi connectivity index (χ1n) is 4.20. The molecule has 1 fully saturated rings. The normalized spacial score (nSPS) is 23.2. The van der Waals surface area contributed by atoms with E-state index in [1.807, 2.05) is 20.9 Å². The van der Waals surface area contributed by atoms with E-state index in [1.165, 1.54) is 0 Å². The minimum Gasteiger partial charge on any atom is -0.342 e. The summed E-state index contributed by atoms with van der Waals surface area (Å²) in [5, 5.41) is 3.16. The molecule has 0 aromatic carbocycles. The van der Waals surface area contributed by atoms with Crippen molar-refractivity contribution in [3.8, 4) is 0 Å². The van der Waals surface area contributed by atoms with E-state index < -0.39 is 0 Å². The monoisotopic (exact) mass is 188 g/mol. The van der Waals surface area contributed by atoms with Crippen LogP contribution in [-0.4, -0.2) is 41.6 Å². The Morgan fingerprint density at radius 2 is 2.33 bits per heavy atom. The second-order valence-electron chi connectivity index (χ2n) is 3.31. The Bertz CT molecular complexity index is 162. The molecule has 1 heterocycles. The average molecular weight is 188 g/mol. The van der Waals surface area contributed by atoms with Crippen LogP contribution >= 0.6 is 11.8 Å². The third kappa shape index (κ3) is 2.14. The van der Waals surface area contributed by atoms with E-state index in [9.17, 15) is 4.79 Å². The van der Waals surface area contributed by atoms with Crippen LogP contribution in [0.3, 0.4) is 0 Å². The van der Waals surface area contributed by atoms with Gasteiger partial charge >= 0.3 is 0 Å². The quantitative estimate of drug-likeness (QED) is 0.685. The minimum absolute atomic E-state index is 0.0439. The molecule has 0 aromatic heterocycles. The SMILES string of the molecule is CC(C)N(C)C(=O)[C@@H]1CSCN1. The Morgan fingerprint density at radius 3 is 2.75 bits per heavy atom. The molecule has 1 N–H and O–H groups in total. The summed E-state index contributed by atoms with van der Waals surface area (Å²) in [6.45, 7) is 4.06. The summed E-state index contributed by atoms with van der Waals surface area (Å²) in [6, 6.07) is 0.340. The number of rotatable bonds is 2. The van der Waals surface area contributed by atoms with Gasteiger partial charge in [-0.05, 0) is 13.8 Å². The number of carbonyl (C=O) groups is 1. The predicted octanol–water partition coefficient (Wildman–Crippen LogP) is 0.516. The number of thioether (sulfide) groups is 1. The van der Waals surface area contributed by atoms with Gasteiger partial charge in [0.05, 0.1) is 6.04 Å². The van der Waals surface area contributed by atoms with E-state index in [0.717, 1.165) is 11.6 Å². The smallest absolute Gasteiger partial charge is 0.240 e. The van der Waals surface area contributed by atoms with Gasteiger partial charge in [0.1, 0.15) is 0 Å². The van der Waals surface area contributed by atoms with Gasteiger partial charge in [0.25, 0.3) is 0 Å². The predicted molar refractivity (Wildman–Crippen MR) is 52.2 cm³/mol. The van der Waals surface area contributed by atoms with E-state index in [-0.39, 0.29) is 11.9 Å². The molecule has 0 spiro atoms. The second-order valence-corrected chi connectivity index (χ2v) is 4.34. The maximum atomic E-state index is 11.6. The third-order valence-electron chi connectivity index (χ3n) is 2.14. The van der Waals surface area contributed by atoms with Gasteiger partial charge in [-0.2, -0.15) is 0 Å². The highest BCUT2D eigenvalue weighted by atomic mass is 32.2. The van der Waals surface area contributed by atoms with Crippen LogP contribution in [0.2, 0.25) is 0 Å². The molecular formula is C8H16N2OS. The lowest BCUT2D eigenvalue weighted by atomic mass is 10.2. The van der Waals surface area contributed by atoms with Gasteiger partial charge in [-0.25, -0.2) is 0 Å². The molecule has 0 bridgehead atoms. The van der Waals surface area contributed by atoms with E-state index in [0.29, 0.717) is 6.04 Å². The standard InChI is InChI=1S/C8H16N2OS/c1-6(2)10(3)8(11)7-4-12-5-9-7/h6-7,9H,4-5H2,1-3H3/t7-/m0/s1. The lowest BCUT2D eigenvalue weighted by molar-refractivity contribution is -0.132. The highest BCUT2D eigenvalue weighted by molar-refractivity contribution is 7.99. The van der Waals surface area contributed by atoms with Gasteiger partial charge in [-0.3, -0.25) is 10.1 Å². The van der Waals surface area contributed by atoms with Crippen LogP contribution in [0.4, 0.5) is 0 Å². The van der Waals surface area contributed by atoms with Crippen molar-refractivity contribution < 1.29 is 4.79 Å². The molecular weight excluding hydrogens is 172 g/mol. The maximum absolute atomic E-state index is 11.6. The first kappa shape index (κ1) is 9.86. The van der Waals surface area contributed by atoms with Crippen molar-refractivity contribution in [3.63, 3.8) is 0 Å². The molecule has 1 rings (SSSR count). The molecule has 0 radical (unpaired) electrons. The largest absolute Gasteiger partial charge is 0.342 e. The van der Waals surface area contributed by atoms with Crippen molar-refractivity contribution in [2.45, 2.75) is 25.9 Å². The van der Waals surface area contributed by atoms with Crippen LogP contribution in [0.25, 0.3) is 0 Å². The van der Waals surface area contributed by atoms with Gasteiger partial charge in [0.15, 0.2) is 0 Å². The van der Waals surface area contributed by atoms with Gasteiger partial charge in [-0.15, -0.1) is 11.8 Å². The molecule has 0 aliphatic carbocycles. The molecule has 0 aromatic rings. The third-order valence-corrected chi connectivity index (χ3v) is 3.08. The van der Waals surface area contributed by atoms with Crippen molar-refractivity contribution >= 4 is 17.7 Å². The van der Waals surface area contributed by atoms with E-state index in [2.05, 4.69) is 5.32 Å². The molecule has 70 valence electrons. The Labute approximate surface area is 77.9 Å². The van der Waals surface area contributed by atoms with Gasteiger partial charge < -0.3 is 4.90 Å². The lowest BCUT2D eigenvalue weighted by Crippen LogP contribution is -2.45. The number of carbonyl (C=O) groups excluding carboxylic acids is 1. The maximum Gasteiger partial charge on any atom is 0.240 e. The lowest BCUT2D eigenvalue weighted by Gasteiger charge is -2.24. The van der Waals surface area contributed by atoms with Crippen LogP contribution in [0.1, 0.15) is 13.8 Å². The van der Waals surface area contributed by atoms with Crippen LogP contribution in [0, 0.1) is 0 Å². The van der Waals surface area contributed by atoms with Crippen LogP contribution in [0.15, 0.2) is 0 Å². The summed E-state index contributed by atoms with van der Waals surface area (Å²) in [6.07, 6.45) is 0. The number of hydrogen-bond acceptors (Lipinski definition) is 3. The topological polar surface area (TPSA) is 32.3 Å². The molecule has 12 heavy (non-hydrogen) atoms. The van der Waals surface area contributed by atoms with Crippen molar-refractivity contribution in [1.29, 1.82) is 0 Å². The van der Waals surface area contributed by atoms with Crippen molar-refractivity contribution in [2.75, 3.05) is 18.7 Å². The Kier molecular flexibility index (Phi) is 3.40. The second kappa shape index (κ2) is 4.14. The zero-order chi connectivity index (χ0) is 9.14. The molecule has 1 saturated heterocycles. The summed E-state index contributed by atoms with van der Waals surface area (Å²) >= 11 is 1.78. The molecule has 3 nitrogen and oxygen atoms in total. The molecule has 4 heteroatoms. The van der Waals surface area contributed by atoms with Crippen LogP contribution < -0.4 is 5.32 Å². The molecule has 1 aliphatic rings. The summed E-state index contributed by atoms with van der Waals surface area (Å²) in [7, 11) is 1.86. The first-order valence-corrected chi connectivity index (χ1v) is 5.36. The van der Waals surface area contributed by atoms with Gasteiger partial charge in [0.2, 0.25) is 5.91 Å². The van der Waals surface area contributed by atoms with E-state index in [4.69, 9.17) is 0 Å². The molecule has 1 atom stereocenters. The summed E-state index contributed by atoms with van der Waals surface area (Å²) in [5.74, 6) is 2.04. The van der Waals surface area contributed by atoms with Gasteiger partial charge in [0, 0.05) is 24.7 Å². The number of nitrogens with zero attached hydrogens (tertiary/aromatic N) is 1. The number of likely N-dealkylation sites (N-methyl/N-ethyl adjacent to an activating group) is 1. The molecule has 1 aliphatic heterocycles. The number of nitrogens with one attached hydrogen (secondary N) is 1. The van der Waals surface area contributed by atoms with Crippen LogP contribution in [0.5, 0.6) is 0 Å². The fourth-order valence-corrected chi connectivity index (χ4v) is 1.99. The molecule has 1 amide bonds. The first-order chi connectivity index (χ1) is 5.63. The zero-order valence-corrected chi connectivity index (χ0v) is 8.65. The zero-order valence-electron chi connectivity index (χ0n) is 7.83.